The van der Waals surface area contributed by atoms with Gasteiger partial charge in [0.15, 0.2) is 0 Å². The van der Waals surface area contributed by atoms with Crippen molar-refractivity contribution in [1.82, 2.24) is 9.38 Å². The number of nitrogens with zero attached hydrogens (tertiary/aromatic N) is 2. The molecule has 106 valence electrons. The number of amides is 1. The first-order valence-electron chi connectivity index (χ1n) is 7.01. The Balaban J connectivity index is 2.15. The van der Waals surface area contributed by atoms with Gasteiger partial charge in [0.05, 0.1) is 0 Å². The van der Waals surface area contributed by atoms with Crippen molar-refractivity contribution in [2.45, 2.75) is 0 Å². The monoisotopic (exact) mass is 287 g/mol. The van der Waals surface area contributed by atoms with E-state index in [4.69, 9.17) is 10.7 Å². The molecule has 2 N–H and O–H groups in total. The number of pyridine rings is 1. The van der Waals surface area contributed by atoms with Gasteiger partial charge in [-0.2, -0.15) is 0 Å². The fraction of sp³-hybridized carbons (Fsp3) is 0. The third-order valence-electron chi connectivity index (χ3n) is 3.80. The highest BCUT2D eigenvalue weighted by Crippen LogP contribution is 2.28. The van der Waals surface area contributed by atoms with Crippen molar-refractivity contribution in [3.63, 3.8) is 0 Å². The van der Waals surface area contributed by atoms with Gasteiger partial charge in [0.2, 0.25) is 0 Å². The molecule has 0 aliphatic rings. The van der Waals surface area contributed by atoms with E-state index >= 15 is 0 Å². The van der Waals surface area contributed by atoms with Crippen LogP contribution in [0.2, 0.25) is 0 Å². The molecular formula is C18H13N3O. The van der Waals surface area contributed by atoms with Gasteiger partial charge in [0, 0.05) is 17.1 Å². The molecule has 2 heterocycles. The zero-order valence-electron chi connectivity index (χ0n) is 11.7. The largest absolute Gasteiger partial charge is 0.364 e. The molecule has 0 atom stereocenters. The van der Waals surface area contributed by atoms with Crippen LogP contribution >= 0.6 is 0 Å². The van der Waals surface area contributed by atoms with Crippen LogP contribution in [0.4, 0.5) is 0 Å². The molecule has 1 amide bonds. The van der Waals surface area contributed by atoms with Gasteiger partial charge in [0.1, 0.15) is 17.0 Å². The van der Waals surface area contributed by atoms with Crippen molar-refractivity contribution in [2.75, 3.05) is 0 Å². The van der Waals surface area contributed by atoms with Gasteiger partial charge < -0.3 is 5.73 Å². The third-order valence-corrected chi connectivity index (χ3v) is 3.80. The minimum Gasteiger partial charge on any atom is -0.364 e. The highest BCUT2D eigenvalue weighted by atomic mass is 16.1. The van der Waals surface area contributed by atoms with E-state index in [0.29, 0.717) is 11.4 Å². The maximum Gasteiger partial charge on any atom is 0.268 e. The molecule has 4 nitrogen and oxygen atoms in total. The zero-order valence-corrected chi connectivity index (χ0v) is 11.7. The molecule has 0 aliphatic heterocycles. The fourth-order valence-corrected chi connectivity index (χ4v) is 2.80. The summed E-state index contributed by atoms with van der Waals surface area (Å²) in [5.41, 5.74) is 8.25. The van der Waals surface area contributed by atoms with Crippen molar-refractivity contribution in [2.24, 2.45) is 5.73 Å². The lowest BCUT2D eigenvalue weighted by Crippen LogP contribution is -2.14. The normalized spacial score (nSPS) is 11.1. The smallest absolute Gasteiger partial charge is 0.268 e. The third kappa shape index (κ3) is 1.78. The first kappa shape index (κ1) is 12.6. The number of nitrogens with two attached hydrogens (primary N) is 1. The van der Waals surface area contributed by atoms with Crippen molar-refractivity contribution in [3.05, 3.63) is 72.6 Å². The predicted molar refractivity (Wildman–Crippen MR) is 86.7 cm³/mol. The molecule has 4 heteroatoms. The summed E-state index contributed by atoms with van der Waals surface area (Å²) < 4.78 is 1.77. The molecule has 0 unspecified atom stereocenters. The van der Waals surface area contributed by atoms with Gasteiger partial charge in [-0.1, -0.05) is 54.6 Å². The highest BCUT2D eigenvalue weighted by molar-refractivity contribution is 6.02. The van der Waals surface area contributed by atoms with Crippen LogP contribution < -0.4 is 5.73 Å². The van der Waals surface area contributed by atoms with E-state index in [-0.39, 0.29) is 0 Å². The molecule has 2 aromatic heterocycles. The Kier molecular flexibility index (Phi) is 2.69. The SMILES string of the molecule is NC(=O)c1c(-c2ccccc2)nc2c3ccccc3ccn12. The second-order valence-electron chi connectivity index (χ2n) is 5.14. The van der Waals surface area contributed by atoms with E-state index in [9.17, 15) is 4.79 Å². The molecule has 0 aliphatic carbocycles. The van der Waals surface area contributed by atoms with Crippen LogP contribution in [0.3, 0.4) is 0 Å². The summed E-state index contributed by atoms with van der Waals surface area (Å²) in [6.07, 6.45) is 1.84. The van der Waals surface area contributed by atoms with Gasteiger partial charge in [-0.25, -0.2) is 4.98 Å². The summed E-state index contributed by atoms with van der Waals surface area (Å²) in [4.78, 5) is 16.7. The second kappa shape index (κ2) is 4.70. The average Bonchev–Trinajstić information content (AvgIpc) is 2.96. The molecular weight excluding hydrogens is 274 g/mol. The van der Waals surface area contributed by atoms with Gasteiger partial charge in [-0.05, 0) is 11.5 Å². The summed E-state index contributed by atoms with van der Waals surface area (Å²) in [5, 5.41) is 2.07. The maximum absolute atomic E-state index is 12.0. The molecule has 0 spiro atoms. The van der Waals surface area contributed by atoms with Gasteiger partial charge in [0.25, 0.3) is 5.91 Å². The van der Waals surface area contributed by atoms with E-state index in [0.717, 1.165) is 22.0 Å². The summed E-state index contributed by atoms with van der Waals surface area (Å²) in [7, 11) is 0. The predicted octanol–water partition coefficient (Wildman–Crippen LogP) is 3.25. The highest BCUT2D eigenvalue weighted by Gasteiger charge is 2.19. The van der Waals surface area contributed by atoms with Crippen LogP contribution in [0.25, 0.3) is 27.7 Å². The van der Waals surface area contributed by atoms with E-state index in [1.165, 1.54) is 0 Å². The van der Waals surface area contributed by atoms with Crippen LogP contribution in [-0.2, 0) is 0 Å². The molecule has 0 fully saturated rings. The maximum atomic E-state index is 12.0. The molecule has 2 aromatic carbocycles. The molecule has 4 aromatic rings. The van der Waals surface area contributed by atoms with Gasteiger partial charge >= 0.3 is 0 Å². The van der Waals surface area contributed by atoms with E-state index in [1.807, 2.05) is 66.9 Å². The number of hydrogen-bond donors (Lipinski definition) is 1. The molecule has 0 saturated carbocycles. The summed E-state index contributed by atoms with van der Waals surface area (Å²) in [6, 6.07) is 19.5. The number of carbonyl (C=O) groups excluding carboxylic acids is 1. The number of carbonyl (C=O) groups is 1. The lowest BCUT2D eigenvalue weighted by Gasteiger charge is -2.02. The first-order valence-corrected chi connectivity index (χ1v) is 7.01. The minimum atomic E-state index is -0.485. The fourth-order valence-electron chi connectivity index (χ4n) is 2.80. The molecule has 4 rings (SSSR count). The Morgan fingerprint density at radius 3 is 2.45 bits per heavy atom. The topological polar surface area (TPSA) is 60.4 Å². The van der Waals surface area contributed by atoms with E-state index in [2.05, 4.69) is 0 Å². The van der Waals surface area contributed by atoms with Crippen LogP contribution in [0, 0.1) is 0 Å². The second-order valence-corrected chi connectivity index (χ2v) is 5.14. The molecule has 22 heavy (non-hydrogen) atoms. The van der Waals surface area contributed by atoms with Crippen molar-refractivity contribution in [3.8, 4) is 11.3 Å². The van der Waals surface area contributed by atoms with E-state index < -0.39 is 5.91 Å². The minimum absolute atomic E-state index is 0.409. The molecule has 0 saturated heterocycles. The number of primary amides is 1. The van der Waals surface area contributed by atoms with Crippen LogP contribution in [0.1, 0.15) is 10.5 Å². The van der Waals surface area contributed by atoms with Crippen molar-refractivity contribution < 1.29 is 4.79 Å². The molecule has 0 bridgehead atoms. The number of benzene rings is 2. The Morgan fingerprint density at radius 2 is 1.68 bits per heavy atom. The Morgan fingerprint density at radius 1 is 0.955 bits per heavy atom. The number of fused-ring (bicyclic) bond motifs is 3. The van der Waals surface area contributed by atoms with Crippen LogP contribution in [-0.4, -0.2) is 15.3 Å². The quantitative estimate of drug-likeness (QED) is 0.615. The van der Waals surface area contributed by atoms with Gasteiger partial charge in [-0.3, -0.25) is 9.20 Å². The lowest BCUT2D eigenvalue weighted by atomic mass is 10.1. The number of hydrogen-bond acceptors (Lipinski definition) is 2. The summed E-state index contributed by atoms with van der Waals surface area (Å²) >= 11 is 0. The number of imidazole rings is 1. The van der Waals surface area contributed by atoms with Gasteiger partial charge in [-0.15, -0.1) is 0 Å². The molecule has 0 radical (unpaired) electrons. The average molecular weight is 287 g/mol. The zero-order chi connectivity index (χ0) is 15.1. The Labute approximate surface area is 126 Å². The van der Waals surface area contributed by atoms with Crippen molar-refractivity contribution in [1.29, 1.82) is 0 Å². The number of aromatic nitrogens is 2. The summed E-state index contributed by atoms with van der Waals surface area (Å²) in [6.45, 7) is 0. The first-order chi connectivity index (χ1) is 10.8. The number of rotatable bonds is 2. The van der Waals surface area contributed by atoms with E-state index in [1.54, 1.807) is 4.40 Å². The Hall–Kier alpha value is -3.14. The van der Waals surface area contributed by atoms with Crippen LogP contribution in [0.15, 0.2) is 66.9 Å². The summed E-state index contributed by atoms with van der Waals surface area (Å²) in [5.74, 6) is -0.485. The lowest BCUT2D eigenvalue weighted by molar-refractivity contribution is 0.0995. The standard InChI is InChI=1S/C18H13N3O/c19-17(22)16-15(13-7-2-1-3-8-13)20-18-14-9-5-4-6-12(14)10-11-21(16)18/h1-11H,(H2,19,22). The van der Waals surface area contributed by atoms with Crippen molar-refractivity contribution >= 4 is 22.3 Å². The van der Waals surface area contributed by atoms with Crippen LogP contribution in [0.5, 0.6) is 0 Å². The Bertz CT molecular complexity index is 1000.